The molecule has 0 fully saturated rings. The normalized spacial score (nSPS) is 9.70. The first-order chi connectivity index (χ1) is 11.2. The number of aromatic nitrogens is 1. The van der Waals surface area contributed by atoms with Gasteiger partial charge in [-0.1, -0.05) is 27.7 Å². The Hall–Kier alpha value is -1.78. The molecule has 0 amide bonds. The standard InChI is InChI=1S/C15H15N2OS.2C2H6/c1-17-9-10-7-11(18-2)3-5-13(10)14-6-4-12(19-16)8-15(14)17;2*1-2/h3-9H,16H2,1-2H3;2*1-2H3/q+1;;. The first-order valence-corrected chi connectivity index (χ1v) is 8.88. The van der Waals surface area contributed by atoms with Gasteiger partial charge in [0.2, 0.25) is 5.52 Å². The number of hydrogen-bond donors (Lipinski definition) is 1. The lowest BCUT2D eigenvalue weighted by Gasteiger charge is -2.06. The number of aryl methyl sites for hydroxylation is 1. The molecule has 0 aliphatic rings. The van der Waals surface area contributed by atoms with Crippen LogP contribution in [0.5, 0.6) is 5.75 Å². The lowest BCUT2D eigenvalue weighted by Crippen LogP contribution is -2.28. The summed E-state index contributed by atoms with van der Waals surface area (Å²) in [5.74, 6) is 0.876. The zero-order valence-electron chi connectivity index (χ0n) is 14.9. The van der Waals surface area contributed by atoms with E-state index in [1.54, 1.807) is 7.11 Å². The van der Waals surface area contributed by atoms with Gasteiger partial charge >= 0.3 is 0 Å². The van der Waals surface area contributed by atoms with E-state index < -0.39 is 0 Å². The highest BCUT2D eigenvalue weighted by Gasteiger charge is 2.11. The highest BCUT2D eigenvalue weighted by atomic mass is 32.2. The number of benzene rings is 2. The van der Waals surface area contributed by atoms with Crippen LogP contribution in [0.15, 0.2) is 47.5 Å². The minimum absolute atomic E-state index is 0.876. The maximum absolute atomic E-state index is 5.63. The summed E-state index contributed by atoms with van der Waals surface area (Å²) >= 11 is 1.27. The Labute approximate surface area is 143 Å². The maximum atomic E-state index is 5.63. The van der Waals surface area contributed by atoms with Crippen LogP contribution < -0.4 is 14.4 Å². The molecule has 1 aromatic heterocycles. The van der Waals surface area contributed by atoms with Gasteiger partial charge < -0.3 is 4.74 Å². The zero-order valence-corrected chi connectivity index (χ0v) is 15.7. The average Bonchev–Trinajstić information content (AvgIpc) is 2.64. The van der Waals surface area contributed by atoms with Crippen LogP contribution in [0.4, 0.5) is 0 Å². The van der Waals surface area contributed by atoms with Gasteiger partial charge in [0, 0.05) is 16.3 Å². The Bertz CT molecular complexity index is 772. The van der Waals surface area contributed by atoms with Crippen molar-refractivity contribution in [3.63, 3.8) is 0 Å². The van der Waals surface area contributed by atoms with E-state index in [9.17, 15) is 0 Å². The second-order valence-electron chi connectivity index (χ2n) is 4.49. The Balaban J connectivity index is 0.000000615. The number of methoxy groups -OCH3 is 1. The second-order valence-corrected chi connectivity index (χ2v) is 5.20. The Morgan fingerprint density at radius 2 is 1.61 bits per heavy atom. The molecule has 4 heteroatoms. The number of ether oxygens (including phenoxy) is 1. The van der Waals surface area contributed by atoms with Gasteiger partial charge in [0.15, 0.2) is 6.20 Å². The van der Waals surface area contributed by atoms with E-state index >= 15 is 0 Å². The summed E-state index contributed by atoms with van der Waals surface area (Å²) in [6.07, 6.45) is 2.12. The summed E-state index contributed by atoms with van der Waals surface area (Å²) in [5.41, 5.74) is 1.17. The van der Waals surface area contributed by atoms with Crippen molar-refractivity contribution in [3.05, 3.63) is 42.6 Å². The summed E-state index contributed by atoms with van der Waals surface area (Å²) in [6, 6.07) is 12.4. The third-order valence-corrected chi connectivity index (χ3v) is 3.89. The largest absolute Gasteiger partial charge is 0.497 e. The molecule has 3 nitrogen and oxygen atoms in total. The van der Waals surface area contributed by atoms with Crippen LogP contribution in [0.3, 0.4) is 0 Å². The monoisotopic (exact) mass is 331 g/mol. The lowest BCUT2D eigenvalue weighted by atomic mass is 10.1. The molecule has 124 valence electrons. The minimum Gasteiger partial charge on any atom is -0.497 e. The molecule has 3 rings (SSSR count). The van der Waals surface area contributed by atoms with Gasteiger partial charge in [-0.15, -0.1) is 0 Å². The minimum atomic E-state index is 0.876. The maximum Gasteiger partial charge on any atom is 0.214 e. The van der Waals surface area contributed by atoms with E-state index in [4.69, 9.17) is 9.88 Å². The molecule has 23 heavy (non-hydrogen) atoms. The predicted molar refractivity (Wildman–Crippen MR) is 102 cm³/mol. The van der Waals surface area contributed by atoms with Crippen molar-refractivity contribution in [2.45, 2.75) is 32.6 Å². The highest BCUT2D eigenvalue weighted by molar-refractivity contribution is 7.97. The quantitative estimate of drug-likeness (QED) is 0.415. The number of nitrogens with zero attached hydrogens (tertiary/aromatic N) is 1. The molecule has 1 heterocycles. The summed E-state index contributed by atoms with van der Waals surface area (Å²) in [7, 11) is 3.74. The molecule has 3 aromatic rings. The third-order valence-electron chi connectivity index (χ3n) is 3.37. The number of pyridine rings is 1. The first kappa shape index (κ1) is 19.3. The number of nitrogens with two attached hydrogens (primary N) is 1. The van der Waals surface area contributed by atoms with E-state index in [1.165, 1.54) is 33.6 Å². The van der Waals surface area contributed by atoms with Crippen molar-refractivity contribution in [1.82, 2.24) is 0 Å². The predicted octanol–water partition coefficient (Wildman–Crippen LogP) is 4.84. The van der Waals surface area contributed by atoms with Crippen molar-refractivity contribution in [3.8, 4) is 5.75 Å². The van der Waals surface area contributed by atoms with E-state index in [0.717, 1.165) is 10.6 Å². The second kappa shape index (κ2) is 9.38. The molecule has 0 unspecified atom stereocenters. The van der Waals surface area contributed by atoms with Crippen LogP contribution in [0.25, 0.3) is 21.7 Å². The molecule has 0 aliphatic carbocycles. The van der Waals surface area contributed by atoms with E-state index in [0.29, 0.717) is 0 Å². The smallest absolute Gasteiger partial charge is 0.214 e. The van der Waals surface area contributed by atoms with E-state index in [2.05, 4.69) is 41.1 Å². The van der Waals surface area contributed by atoms with Gasteiger partial charge in [0.25, 0.3) is 0 Å². The zero-order chi connectivity index (χ0) is 17.4. The number of hydrogen-bond acceptors (Lipinski definition) is 3. The number of rotatable bonds is 2. The molecule has 0 saturated heterocycles. The van der Waals surface area contributed by atoms with Crippen molar-refractivity contribution in [1.29, 1.82) is 0 Å². The summed E-state index contributed by atoms with van der Waals surface area (Å²) in [4.78, 5) is 1.07. The van der Waals surface area contributed by atoms with Crippen molar-refractivity contribution < 1.29 is 9.30 Å². The third kappa shape index (κ3) is 4.15. The van der Waals surface area contributed by atoms with Crippen molar-refractivity contribution in [2.24, 2.45) is 12.2 Å². The van der Waals surface area contributed by atoms with E-state index in [1.807, 2.05) is 40.8 Å². The van der Waals surface area contributed by atoms with Crippen LogP contribution in [0, 0.1) is 0 Å². The fourth-order valence-electron chi connectivity index (χ4n) is 2.40. The average molecular weight is 332 g/mol. The summed E-state index contributed by atoms with van der Waals surface area (Å²) in [6.45, 7) is 8.00. The molecule has 0 saturated carbocycles. The SMILES string of the molecule is CC.CC.COc1ccc2c(c1)c[n+](C)c1cc(SN)ccc21. The van der Waals surface area contributed by atoms with Crippen molar-refractivity contribution >= 4 is 33.6 Å². The van der Waals surface area contributed by atoms with Crippen LogP contribution in [0.2, 0.25) is 0 Å². The van der Waals surface area contributed by atoms with Gasteiger partial charge in [0.05, 0.1) is 17.9 Å². The van der Waals surface area contributed by atoms with Crippen LogP contribution >= 0.6 is 11.9 Å². The van der Waals surface area contributed by atoms with Gasteiger partial charge in [-0.3, -0.25) is 5.14 Å². The molecule has 0 aliphatic heterocycles. The molecule has 0 atom stereocenters. The molecular weight excluding hydrogens is 304 g/mol. The Kier molecular flexibility index (Phi) is 7.86. The fourth-order valence-corrected chi connectivity index (χ4v) is 2.73. The molecule has 0 bridgehead atoms. The summed E-state index contributed by atoms with van der Waals surface area (Å²) in [5, 5.41) is 9.25. The van der Waals surface area contributed by atoms with Gasteiger partial charge in [-0.2, -0.15) is 0 Å². The molecule has 0 spiro atoms. The van der Waals surface area contributed by atoms with Crippen LogP contribution in [-0.2, 0) is 7.05 Å². The van der Waals surface area contributed by atoms with Gasteiger partial charge in [-0.05, 0) is 42.3 Å². The molecule has 0 radical (unpaired) electrons. The van der Waals surface area contributed by atoms with Crippen LogP contribution in [0.1, 0.15) is 27.7 Å². The first-order valence-electron chi connectivity index (χ1n) is 8.00. The van der Waals surface area contributed by atoms with Crippen LogP contribution in [-0.4, -0.2) is 7.11 Å². The van der Waals surface area contributed by atoms with Crippen molar-refractivity contribution in [2.75, 3.05) is 7.11 Å². The molecule has 2 N–H and O–H groups in total. The highest BCUT2D eigenvalue weighted by Crippen LogP contribution is 2.27. The lowest BCUT2D eigenvalue weighted by molar-refractivity contribution is -0.643. The summed E-state index contributed by atoms with van der Waals surface area (Å²) < 4.78 is 7.40. The van der Waals surface area contributed by atoms with Gasteiger partial charge in [0.1, 0.15) is 12.8 Å². The van der Waals surface area contributed by atoms with Gasteiger partial charge in [-0.25, -0.2) is 4.57 Å². The fraction of sp³-hybridized carbons (Fsp3) is 0.316. The number of fused-ring (bicyclic) bond motifs is 3. The molecular formula is C19H27N2OS+. The Morgan fingerprint density at radius 3 is 2.22 bits per heavy atom. The molecule has 2 aromatic carbocycles. The topological polar surface area (TPSA) is 39.1 Å². The Morgan fingerprint density at radius 1 is 0.957 bits per heavy atom. The van der Waals surface area contributed by atoms with E-state index in [-0.39, 0.29) is 0 Å².